The van der Waals surface area contributed by atoms with Crippen molar-refractivity contribution in [1.82, 2.24) is 10.2 Å². The van der Waals surface area contributed by atoms with Gasteiger partial charge in [-0.15, -0.1) is 12.4 Å². The van der Waals surface area contributed by atoms with Gasteiger partial charge >= 0.3 is 0 Å². The number of benzene rings is 1. The SMILES string of the molecule is CC(c1cccc(Br)c1)N1CCC2(CCNC2)C1.Cl. The fourth-order valence-corrected chi connectivity index (χ4v) is 3.84. The molecule has 2 saturated heterocycles. The fraction of sp³-hybridized carbons (Fsp3) is 0.600. The second-order valence-corrected chi connectivity index (χ2v) is 6.79. The molecule has 2 unspecified atom stereocenters. The van der Waals surface area contributed by atoms with Crippen molar-refractivity contribution in [3.05, 3.63) is 34.3 Å². The number of nitrogens with zero attached hydrogens (tertiary/aromatic N) is 1. The summed E-state index contributed by atoms with van der Waals surface area (Å²) in [4.78, 5) is 2.65. The molecule has 2 atom stereocenters. The topological polar surface area (TPSA) is 15.3 Å². The van der Waals surface area contributed by atoms with Gasteiger partial charge in [-0.1, -0.05) is 28.1 Å². The van der Waals surface area contributed by atoms with Gasteiger partial charge in [-0.25, -0.2) is 0 Å². The average Bonchev–Trinajstić information content (AvgIpc) is 3.00. The summed E-state index contributed by atoms with van der Waals surface area (Å²) in [6.45, 7) is 7.26. The van der Waals surface area contributed by atoms with E-state index in [9.17, 15) is 0 Å². The monoisotopic (exact) mass is 344 g/mol. The van der Waals surface area contributed by atoms with Crippen molar-refractivity contribution >= 4 is 28.3 Å². The third-order valence-electron chi connectivity index (χ3n) is 4.68. The maximum absolute atomic E-state index is 3.57. The van der Waals surface area contributed by atoms with Crippen LogP contribution in [0.1, 0.15) is 31.4 Å². The standard InChI is InChI=1S/C15H21BrN2.ClH/c1-12(13-3-2-4-14(16)9-13)18-8-6-15(11-18)5-7-17-10-15;/h2-4,9,12,17H,5-8,10-11H2,1H3;1H. The van der Waals surface area contributed by atoms with Crippen molar-refractivity contribution in [2.75, 3.05) is 26.2 Å². The molecule has 106 valence electrons. The Morgan fingerprint density at radius 3 is 2.89 bits per heavy atom. The van der Waals surface area contributed by atoms with E-state index in [0.717, 1.165) is 0 Å². The molecule has 1 aromatic carbocycles. The van der Waals surface area contributed by atoms with E-state index in [1.54, 1.807) is 0 Å². The quantitative estimate of drug-likeness (QED) is 0.881. The van der Waals surface area contributed by atoms with E-state index in [0.29, 0.717) is 11.5 Å². The molecule has 2 fully saturated rings. The molecule has 0 radical (unpaired) electrons. The van der Waals surface area contributed by atoms with Crippen LogP contribution < -0.4 is 5.32 Å². The predicted octanol–water partition coefficient (Wildman–Crippen LogP) is 3.62. The summed E-state index contributed by atoms with van der Waals surface area (Å²) in [5, 5.41) is 3.53. The van der Waals surface area contributed by atoms with Crippen LogP contribution in [0.15, 0.2) is 28.7 Å². The van der Waals surface area contributed by atoms with Crippen LogP contribution in [-0.2, 0) is 0 Å². The Bertz CT molecular complexity index is 432. The van der Waals surface area contributed by atoms with Gasteiger partial charge in [0.15, 0.2) is 0 Å². The molecule has 0 aliphatic carbocycles. The molecule has 0 amide bonds. The minimum atomic E-state index is 0. The van der Waals surface area contributed by atoms with Gasteiger partial charge in [0.1, 0.15) is 0 Å². The van der Waals surface area contributed by atoms with Crippen molar-refractivity contribution in [2.24, 2.45) is 5.41 Å². The van der Waals surface area contributed by atoms with Crippen LogP contribution in [0.3, 0.4) is 0 Å². The van der Waals surface area contributed by atoms with Gasteiger partial charge in [0.25, 0.3) is 0 Å². The highest BCUT2D eigenvalue weighted by molar-refractivity contribution is 9.10. The van der Waals surface area contributed by atoms with E-state index < -0.39 is 0 Å². The van der Waals surface area contributed by atoms with E-state index >= 15 is 0 Å². The second-order valence-electron chi connectivity index (χ2n) is 5.88. The molecule has 0 bridgehead atoms. The highest BCUT2D eigenvalue weighted by Gasteiger charge is 2.41. The highest BCUT2D eigenvalue weighted by Crippen LogP contribution is 2.39. The van der Waals surface area contributed by atoms with Crippen molar-refractivity contribution in [2.45, 2.75) is 25.8 Å². The third-order valence-corrected chi connectivity index (χ3v) is 5.17. The predicted molar refractivity (Wildman–Crippen MR) is 85.9 cm³/mol. The van der Waals surface area contributed by atoms with E-state index in [-0.39, 0.29) is 12.4 Å². The first-order valence-corrected chi connectivity index (χ1v) is 7.68. The van der Waals surface area contributed by atoms with E-state index in [1.807, 2.05) is 0 Å². The first-order chi connectivity index (χ1) is 8.69. The van der Waals surface area contributed by atoms with Gasteiger partial charge in [0.05, 0.1) is 0 Å². The summed E-state index contributed by atoms with van der Waals surface area (Å²) < 4.78 is 1.18. The highest BCUT2D eigenvalue weighted by atomic mass is 79.9. The number of nitrogens with one attached hydrogen (secondary N) is 1. The summed E-state index contributed by atoms with van der Waals surface area (Å²) in [5.74, 6) is 0. The van der Waals surface area contributed by atoms with Gasteiger partial charge in [-0.2, -0.15) is 0 Å². The van der Waals surface area contributed by atoms with E-state index in [2.05, 4.69) is 57.3 Å². The lowest BCUT2D eigenvalue weighted by atomic mass is 9.86. The fourth-order valence-electron chi connectivity index (χ4n) is 3.42. The van der Waals surface area contributed by atoms with Crippen LogP contribution >= 0.6 is 28.3 Å². The molecule has 1 aromatic rings. The zero-order chi connectivity index (χ0) is 12.6. The minimum absolute atomic E-state index is 0. The number of hydrogen-bond donors (Lipinski definition) is 1. The lowest BCUT2D eigenvalue weighted by Gasteiger charge is -2.27. The van der Waals surface area contributed by atoms with Crippen molar-refractivity contribution < 1.29 is 0 Å². The minimum Gasteiger partial charge on any atom is -0.316 e. The van der Waals surface area contributed by atoms with Gasteiger partial charge in [-0.05, 0) is 56.0 Å². The number of hydrogen-bond acceptors (Lipinski definition) is 2. The zero-order valence-corrected chi connectivity index (χ0v) is 13.8. The molecule has 0 aromatic heterocycles. The Labute approximate surface area is 130 Å². The molecule has 2 aliphatic rings. The lowest BCUT2D eigenvalue weighted by molar-refractivity contribution is 0.224. The molecule has 2 aliphatic heterocycles. The molecule has 1 spiro atoms. The van der Waals surface area contributed by atoms with Crippen LogP contribution in [0.2, 0.25) is 0 Å². The first-order valence-electron chi connectivity index (χ1n) is 6.89. The molecule has 19 heavy (non-hydrogen) atoms. The number of likely N-dealkylation sites (tertiary alicyclic amines) is 1. The van der Waals surface area contributed by atoms with E-state index in [1.165, 1.54) is 49.1 Å². The molecular weight excluding hydrogens is 324 g/mol. The Morgan fingerprint density at radius 1 is 1.37 bits per heavy atom. The van der Waals surface area contributed by atoms with Crippen molar-refractivity contribution in [1.29, 1.82) is 0 Å². The van der Waals surface area contributed by atoms with E-state index in [4.69, 9.17) is 0 Å². The van der Waals surface area contributed by atoms with Crippen molar-refractivity contribution in [3.8, 4) is 0 Å². The lowest BCUT2D eigenvalue weighted by Crippen LogP contribution is -2.30. The average molecular weight is 346 g/mol. The smallest absolute Gasteiger partial charge is 0.0320 e. The maximum Gasteiger partial charge on any atom is 0.0320 e. The van der Waals surface area contributed by atoms with Crippen LogP contribution in [0.25, 0.3) is 0 Å². The summed E-state index contributed by atoms with van der Waals surface area (Å²) in [7, 11) is 0. The zero-order valence-electron chi connectivity index (χ0n) is 11.4. The van der Waals surface area contributed by atoms with Crippen LogP contribution in [0.5, 0.6) is 0 Å². The summed E-state index contributed by atoms with van der Waals surface area (Å²) >= 11 is 3.57. The van der Waals surface area contributed by atoms with Crippen molar-refractivity contribution in [3.63, 3.8) is 0 Å². The van der Waals surface area contributed by atoms with Crippen LogP contribution in [0.4, 0.5) is 0 Å². The van der Waals surface area contributed by atoms with Crippen LogP contribution in [0, 0.1) is 5.41 Å². The normalized spacial score (nSPS) is 28.5. The second kappa shape index (κ2) is 6.13. The molecule has 2 heterocycles. The maximum atomic E-state index is 3.57. The molecule has 2 nitrogen and oxygen atoms in total. The largest absolute Gasteiger partial charge is 0.316 e. The number of rotatable bonds is 2. The Morgan fingerprint density at radius 2 is 2.21 bits per heavy atom. The molecule has 4 heteroatoms. The Balaban J connectivity index is 0.00000133. The first kappa shape index (κ1) is 15.3. The molecule has 1 N–H and O–H groups in total. The van der Waals surface area contributed by atoms with Gasteiger partial charge in [0.2, 0.25) is 0 Å². The Hall–Kier alpha value is -0.0900. The molecule has 0 saturated carbocycles. The van der Waals surface area contributed by atoms with Crippen LogP contribution in [-0.4, -0.2) is 31.1 Å². The summed E-state index contributed by atoms with van der Waals surface area (Å²) in [6, 6.07) is 9.26. The summed E-state index contributed by atoms with van der Waals surface area (Å²) in [5.41, 5.74) is 1.99. The molecular formula is C15H22BrClN2. The summed E-state index contributed by atoms with van der Waals surface area (Å²) in [6.07, 6.45) is 2.72. The van der Waals surface area contributed by atoms with Gasteiger partial charge < -0.3 is 5.32 Å². The third kappa shape index (κ3) is 3.15. The number of halogens is 2. The Kier molecular flexibility index (Phi) is 4.93. The molecule has 3 rings (SSSR count). The van der Waals surface area contributed by atoms with Gasteiger partial charge in [-0.3, -0.25) is 4.90 Å². The van der Waals surface area contributed by atoms with Gasteiger partial charge in [0, 0.05) is 23.6 Å².